The summed E-state index contributed by atoms with van der Waals surface area (Å²) in [5, 5.41) is 10.5. The Morgan fingerprint density at radius 2 is 2.00 bits per heavy atom. The van der Waals surface area contributed by atoms with Crippen LogP contribution in [0, 0.1) is 0 Å². The van der Waals surface area contributed by atoms with Crippen LogP contribution < -0.4 is 14.8 Å². The van der Waals surface area contributed by atoms with Crippen LogP contribution in [0.25, 0.3) is 5.82 Å². The van der Waals surface area contributed by atoms with Crippen molar-refractivity contribution in [1.82, 2.24) is 19.7 Å². The molecule has 0 unspecified atom stereocenters. The Bertz CT molecular complexity index is 1000. The number of carbonyl (C=O) groups is 2. The second-order valence-corrected chi connectivity index (χ2v) is 5.44. The number of aromatic nitrogens is 4. The molecule has 10 heteroatoms. The first kappa shape index (κ1) is 16.5. The van der Waals surface area contributed by atoms with Crippen LogP contribution in [-0.2, 0) is 4.74 Å². The molecule has 3 heterocycles. The SMILES string of the molecule is COC(=O)c1cc2c(cc1NC(=O)c1ccc(-n3ccnc3)nn1)OCO2. The first-order valence-electron chi connectivity index (χ1n) is 7.81. The average Bonchev–Trinajstić information content (AvgIpc) is 3.38. The fourth-order valence-electron chi connectivity index (χ4n) is 2.49. The lowest BCUT2D eigenvalue weighted by Crippen LogP contribution is -2.17. The van der Waals surface area contributed by atoms with E-state index < -0.39 is 11.9 Å². The van der Waals surface area contributed by atoms with Crippen molar-refractivity contribution < 1.29 is 23.8 Å². The molecule has 0 radical (unpaired) electrons. The van der Waals surface area contributed by atoms with Gasteiger partial charge in [0.25, 0.3) is 5.91 Å². The van der Waals surface area contributed by atoms with Crippen LogP contribution >= 0.6 is 0 Å². The summed E-state index contributed by atoms with van der Waals surface area (Å²) in [6.45, 7) is 0.0362. The number of amides is 1. The van der Waals surface area contributed by atoms with E-state index in [1.165, 1.54) is 25.3 Å². The van der Waals surface area contributed by atoms with Gasteiger partial charge in [-0.2, -0.15) is 0 Å². The predicted molar refractivity (Wildman–Crippen MR) is 91.0 cm³/mol. The van der Waals surface area contributed by atoms with E-state index in [0.29, 0.717) is 17.3 Å². The van der Waals surface area contributed by atoms with Gasteiger partial charge in [-0.3, -0.25) is 9.36 Å². The number of fused-ring (bicyclic) bond motifs is 1. The summed E-state index contributed by atoms with van der Waals surface area (Å²) in [4.78, 5) is 28.5. The first-order chi connectivity index (χ1) is 13.2. The Balaban J connectivity index is 1.60. The molecule has 1 aromatic carbocycles. The maximum Gasteiger partial charge on any atom is 0.340 e. The number of imidazole rings is 1. The molecule has 0 saturated heterocycles. The van der Waals surface area contributed by atoms with E-state index in [0.717, 1.165) is 0 Å². The molecule has 2 aromatic heterocycles. The second-order valence-electron chi connectivity index (χ2n) is 5.44. The van der Waals surface area contributed by atoms with Crippen molar-refractivity contribution in [3.8, 4) is 17.3 Å². The van der Waals surface area contributed by atoms with E-state index in [-0.39, 0.29) is 23.7 Å². The predicted octanol–water partition coefficient (Wildman–Crippen LogP) is 1.43. The minimum atomic E-state index is -0.620. The third-order valence-electron chi connectivity index (χ3n) is 3.82. The zero-order chi connectivity index (χ0) is 18.8. The molecule has 136 valence electrons. The van der Waals surface area contributed by atoms with Crippen molar-refractivity contribution in [1.29, 1.82) is 0 Å². The van der Waals surface area contributed by atoms with E-state index in [1.54, 1.807) is 29.4 Å². The van der Waals surface area contributed by atoms with Crippen molar-refractivity contribution in [2.75, 3.05) is 19.2 Å². The monoisotopic (exact) mass is 367 g/mol. The lowest BCUT2D eigenvalue weighted by Gasteiger charge is -2.11. The molecule has 10 nitrogen and oxygen atoms in total. The number of hydrogen-bond donors (Lipinski definition) is 1. The molecule has 0 atom stereocenters. The standard InChI is InChI=1S/C17H13N5O5/c1-25-17(24)10-6-13-14(27-9-26-13)7-12(10)19-16(23)11-2-3-15(21-20-11)22-5-4-18-8-22/h2-8H,9H2,1H3,(H,19,23). The highest BCUT2D eigenvalue weighted by molar-refractivity contribution is 6.07. The Hall–Kier alpha value is -3.95. The van der Waals surface area contributed by atoms with Gasteiger partial charge in [0, 0.05) is 24.5 Å². The summed E-state index contributed by atoms with van der Waals surface area (Å²) < 4.78 is 17.0. The quantitative estimate of drug-likeness (QED) is 0.688. The number of benzene rings is 1. The molecule has 3 aromatic rings. The van der Waals surface area contributed by atoms with Crippen molar-refractivity contribution in [3.05, 3.63) is 54.2 Å². The number of ether oxygens (including phenoxy) is 3. The highest BCUT2D eigenvalue weighted by atomic mass is 16.7. The van der Waals surface area contributed by atoms with Crippen molar-refractivity contribution >= 4 is 17.6 Å². The number of carbonyl (C=O) groups excluding carboxylic acids is 2. The summed E-state index contributed by atoms with van der Waals surface area (Å²) in [5.74, 6) is 0.175. The molecule has 1 aliphatic rings. The normalized spacial score (nSPS) is 11.9. The summed E-state index contributed by atoms with van der Waals surface area (Å²) in [5.41, 5.74) is 0.432. The number of nitrogens with zero attached hydrogens (tertiary/aromatic N) is 4. The fourth-order valence-corrected chi connectivity index (χ4v) is 2.49. The minimum absolute atomic E-state index is 0.0362. The van der Waals surface area contributed by atoms with Gasteiger partial charge in [-0.15, -0.1) is 10.2 Å². The van der Waals surface area contributed by atoms with Gasteiger partial charge in [0.2, 0.25) is 6.79 Å². The Kier molecular flexibility index (Phi) is 4.13. The second kappa shape index (κ2) is 6.75. The lowest BCUT2D eigenvalue weighted by atomic mass is 10.1. The summed E-state index contributed by atoms with van der Waals surface area (Å²) >= 11 is 0. The van der Waals surface area contributed by atoms with Gasteiger partial charge in [0.1, 0.15) is 6.33 Å². The number of nitrogens with one attached hydrogen (secondary N) is 1. The van der Waals surface area contributed by atoms with E-state index in [4.69, 9.17) is 14.2 Å². The smallest absolute Gasteiger partial charge is 0.340 e. The number of esters is 1. The highest BCUT2D eigenvalue weighted by Gasteiger charge is 2.23. The molecule has 0 fully saturated rings. The van der Waals surface area contributed by atoms with Gasteiger partial charge in [0.05, 0.1) is 18.4 Å². The van der Waals surface area contributed by atoms with Gasteiger partial charge >= 0.3 is 5.97 Å². The Labute approximate surface area is 152 Å². The van der Waals surface area contributed by atoms with Crippen LogP contribution in [0.3, 0.4) is 0 Å². The number of methoxy groups -OCH3 is 1. The largest absolute Gasteiger partial charge is 0.465 e. The van der Waals surface area contributed by atoms with Gasteiger partial charge in [-0.05, 0) is 12.1 Å². The molecule has 1 amide bonds. The van der Waals surface area contributed by atoms with Crippen LogP contribution in [-0.4, -0.2) is 45.5 Å². The minimum Gasteiger partial charge on any atom is -0.465 e. The lowest BCUT2D eigenvalue weighted by molar-refractivity contribution is 0.0601. The van der Waals surface area contributed by atoms with Crippen LogP contribution in [0.1, 0.15) is 20.8 Å². The van der Waals surface area contributed by atoms with Crippen molar-refractivity contribution in [2.45, 2.75) is 0 Å². The molecule has 0 spiro atoms. The maximum absolute atomic E-state index is 12.5. The third kappa shape index (κ3) is 3.15. The first-order valence-corrected chi connectivity index (χ1v) is 7.81. The molecule has 0 bridgehead atoms. The summed E-state index contributed by atoms with van der Waals surface area (Å²) in [7, 11) is 1.25. The van der Waals surface area contributed by atoms with Gasteiger partial charge in [-0.1, -0.05) is 0 Å². The highest BCUT2D eigenvalue weighted by Crippen LogP contribution is 2.37. The summed E-state index contributed by atoms with van der Waals surface area (Å²) in [6.07, 6.45) is 4.88. The molecule has 0 aliphatic carbocycles. The number of anilines is 1. The molecule has 27 heavy (non-hydrogen) atoms. The van der Waals surface area contributed by atoms with Crippen LogP contribution in [0.15, 0.2) is 43.0 Å². The maximum atomic E-state index is 12.5. The van der Waals surface area contributed by atoms with Crippen LogP contribution in [0.4, 0.5) is 5.69 Å². The zero-order valence-electron chi connectivity index (χ0n) is 14.1. The third-order valence-corrected chi connectivity index (χ3v) is 3.82. The van der Waals surface area contributed by atoms with Crippen molar-refractivity contribution in [2.24, 2.45) is 0 Å². The van der Waals surface area contributed by atoms with Gasteiger partial charge in [0.15, 0.2) is 23.0 Å². The van der Waals surface area contributed by atoms with Gasteiger partial charge < -0.3 is 19.5 Å². The number of rotatable bonds is 4. The van der Waals surface area contributed by atoms with Crippen LogP contribution in [0.2, 0.25) is 0 Å². The molecular weight excluding hydrogens is 354 g/mol. The molecular formula is C17H13N5O5. The van der Waals surface area contributed by atoms with E-state index in [2.05, 4.69) is 20.5 Å². The zero-order valence-corrected chi connectivity index (χ0v) is 14.1. The topological polar surface area (TPSA) is 117 Å². The van der Waals surface area contributed by atoms with E-state index in [1.807, 2.05) is 0 Å². The van der Waals surface area contributed by atoms with Crippen molar-refractivity contribution in [3.63, 3.8) is 0 Å². The Morgan fingerprint density at radius 1 is 1.19 bits per heavy atom. The fraction of sp³-hybridized carbons (Fsp3) is 0.118. The average molecular weight is 367 g/mol. The van der Waals surface area contributed by atoms with Gasteiger partial charge in [-0.25, -0.2) is 9.78 Å². The molecule has 1 N–H and O–H groups in total. The molecule has 4 rings (SSSR count). The number of hydrogen-bond acceptors (Lipinski definition) is 8. The van der Waals surface area contributed by atoms with E-state index in [9.17, 15) is 9.59 Å². The van der Waals surface area contributed by atoms with E-state index >= 15 is 0 Å². The molecule has 0 saturated carbocycles. The Morgan fingerprint density at radius 3 is 2.67 bits per heavy atom. The molecule has 1 aliphatic heterocycles. The van der Waals surface area contributed by atoms with Crippen LogP contribution in [0.5, 0.6) is 11.5 Å². The summed E-state index contributed by atoms with van der Waals surface area (Å²) in [6, 6.07) is 6.10.